The highest BCUT2D eigenvalue weighted by atomic mass is 28.3. The van der Waals surface area contributed by atoms with Gasteiger partial charge in [0.15, 0.2) is 6.79 Å². The Bertz CT molecular complexity index is 935. The van der Waals surface area contributed by atoms with Crippen LogP contribution in [0.2, 0.25) is 25.7 Å². The second-order valence-corrected chi connectivity index (χ2v) is 15.5. The predicted molar refractivity (Wildman–Crippen MR) is 130 cm³/mol. The Morgan fingerprint density at radius 1 is 1.13 bits per heavy atom. The Hall–Kier alpha value is -2.04. The number of benzene rings is 2. The van der Waals surface area contributed by atoms with Crippen molar-refractivity contribution in [2.24, 2.45) is 0 Å². The average Bonchev–Trinajstić information content (AvgIpc) is 2.66. The van der Waals surface area contributed by atoms with Gasteiger partial charge >= 0.3 is 0 Å². The minimum atomic E-state index is -1.07. The van der Waals surface area contributed by atoms with E-state index < -0.39 is 8.07 Å². The van der Waals surface area contributed by atoms with Gasteiger partial charge in [-0.15, -0.1) is 0 Å². The fourth-order valence-corrected chi connectivity index (χ4v) is 4.28. The van der Waals surface area contributed by atoms with Crippen molar-refractivity contribution in [3.63, 3.8) is 0 Å². The first-order valence-corrected chi connectivity index (χ1v) is 14.6. The van der Waals surface area contributed by atoms with Gasteiger partial charge in [0, 0.05) is 20.2 Å². The van der Waals surface area contributed by atoms with Crippen LogP contribution < -0.4 is 9.47 Å². The van der Waals surface area contributed by atoms with Gasteiger partial charge in [-0.25, -0.2) is 0 Å². The molecule has 0 bridgehead atoms. The van der Waals surface area contributed by atoms with E-state index in [4.69, 9.17) is 14.2 Å². The molecule has 0 aliphatic carbocycles. The molecule has 30 heavy (non-hydrogen) atoms. The number of allylic oxidation sites excluding steroid dienone is 2. The van der Waals surface area contributed by atoms with Gasteiger partial charge < -0.3 is 14.2 Å². The Morgan fingerprint density at radius 3 is 2.63 bits per heavy atom. The number of hydrogen-bond acceptors (Lipinski definition) is 3. The zero-order valence-electron chi connectivity index (χ0n) is 19.4. The summed E-state index contributed by atoms with van der Waals surface area (Å²) in [5, 5.41) is 2.33. The second-order valence-electron chi connectivity index (χ2n) is 9.91. The maximum Gasteiger partial charge on any atom is 0.189 e. The third kappa shape index (κ3) is 6.23. The number of ether oxygens (including phenoxy) is 3. The van der Waals surface area contributed by atoms with Gasteiger partial charge in [0.2, 0.25) is 0 Å². The summed E-state index contributed by atoms with van der Waals surface area (Å²) in [7, 11) is -1.07. The minimum Gasteiger partial charge on any atom is -0.483 e. The Morgan fingerprint density at radius 2 is 1.90 bits per heavy atom. The van der Waals surface area contributed by atoms with E-state index in [9.17, 15) is 0 Å². The van der Waals surface area contributed by atoms with Crippen LogP contribution in [0.5, 0.6) is 11.5 Å². The zero-order valence-corrected chi connectivity index (χ0v) is 20.4. The van der Waals surface area contributed by atoms with Crippen molar-refractivity contribution in [2.45, 2.75) is 64.9 Å². The molecule has 2 aromatic carbocycles. The standard InChI is InChI=1S/C26H36O3Si/c1-20(2)8-7-14-26(3)15-13-23-24-18-22(28-19-27-16-17-30(4,5)6)11-9-21(24)10-12-25(23)29-26/h8-13,15,18H,7,14,16-17,19H2,1-6H3/t26-/m1/s1. The summed E-state index contributed by atoms with van der Waals surface area (Å²) in [6, 6.07) is 11.6. The molecule has 0 saturated carbocycles. The molecule has 1 heterocycles. The molecule has 3 rings (SSSR count). The topological polar surface area (TPSA) is 27.7 Å². The van der Waals surface area contributed by atoms with Crippen LogP contribution in [0.4, 0.5) is 0 Å². The van der Waals surface area contributed by atoms with Gasteiger partial charge in [-0.05, 0) is 74.7 Å². The van der Waals surface area contributed by atoms with E-state index in [-0.39, 0.29) is 5.60 Å². The third-order valence-electron chi connectivity index (χ3n) is 5.44. The van der Waals surface area contributed by atoms with Crippen molar-refractivity contribution < 1.29 is 14.2 Å². The van der Waals surface area contributed by atoms with Gasteiger partial charge in [0.25, 0.3) is 0 Å². The molecule has 4 heteroatoms. The molecule has 0 amide bonds. The molecule has 3 nitrogen and oxygen atoms in total. The van der Waals surface area contributed by atoms with Crippen molar-refractivity contribution >= 4 is 24.9 Å². The summed E-state index contributed by atoms with van der Waals surface area (Å²) in [6.45, 7) is 14.5. The van der Waals surface area contributed by atoms with Crippen LogP contribution >= 0.6 is 0 Å². The van der Waals surface area contributed by atoms with Gasteiger partial charge in [-0.2, -0.15) is 0 Å². The van der Waals surface area contributed by atoms with Crippen LogP contribution in [-0.2, 0) is 4.74 Å². The van der Waals surface area contributed by atoms with E-state index >= 15 is 0 Å². The second kappa shape index (κ2) is 9.40. The third-order valence-corrected chi connectivity index (χ3v) is 7.14. The monoisotopic (exact) mass is 424 g/mol. The molecule has 0 saturated heterocycles. The fourth-order valence-electron chi connectivity index (χ4n) is 3.53. The number of fused-ring (bicyclic) bond motifs is 3. The highest BCUT2D eigenvalue weighted by Gasteiger charge is 2.27. The molecule has 1 aliphatic rings. The summed E-state index contributed by atoms with van der Waals surface area (Å²) >= 11 is 0. The Labute approximate surface area is 182 Å². The van der Waals surface area contributed by atoms with E-state index in [2.05, 4.69) is 82.9 Å². The number of hydrogen-bond donors (Lipinski definition) is 0. The van der Waals surface area contributed by atoms with Crippen molar-refractivity contribution in [1.29, 1.82) is 0 Å². The van der Waals surface area contributed by atoms with Crippen LogP contribution in [0.25, 0.3) is 16.8 Å². The van der Waals surface area contributed by atoms with Crippen molar-refractivity contribution in [1.82, 2.24) is 0 Å². The molecule has 1 aliphatic heterocycles. The first-order chi connectivity index (χ1) is 14.2. The first kappa shape index (κ1) is 22.6. The lowest BCUT2D eigenvalue weighted by Crippen LogP contribution is -2.31. The lowest BCUT2D eigenvalue weighted by Gasteiger charge is -2.32. The summed E-state index contributed by atoms with van der Waals surface area (Å²) < 4.78 is 18.0. The number of rotatable bonds is 9. The van der Waals surface area contributed by atoms with Gasteiger partial charge in [0.1, 0.15) is 17.1 Å². The predicted octanol–water partition coefficient (Wildman–Crippen LogP) is 7.44. The molecule has 162 valence electrons. The summed E-state index contributed by atoms with van der Waals surface area (Å²) in [4.78, 5) is 0. The van der Waals surface area contributed by atoms with Crippen LogP contribution in [0.1, 0.15) is 39.2 Å². The summed E-state index contributed by atoms with van der Waals surface area (Å²) in [5.41, 5.74) is 2.20. The molecule has 0 aromatic heterocycles. The molecule has 0 radical (unpaired) electrons. The van der Waals surface area contributed by atoms with E-state index in [0.29, 0.717) is 6.79 Å². The van der Waals surface area contributed by atoms with Crippen molar-refractivity contribution in [3.8, 4) is 11.5 Å². The lowest BCUT2D eigenvalue weighted by atomic mass is 9.92. The summed E-state index contributed by atoms with van der Waals surface area (Å²) in [6.07, 6.45) is 8.65. The first-order valence-electron chi connectivity index (χ1n) is 10.9. The van der Waals surface area contributed by atoms with Crippen molar-refractivity contribution in [3.05, 3.63) is 53.6 Å². The molecule has 1 atom stereocenters. The van der Waals surface area contributed by atoms with E-state index in [1.54, 1.807) is 0 Å². The molecular weight excluding hydrogens is 388 g/mol. The van der Waals surface area contributed by atoms with E-state index in [1.165, 1.54) is 11.0 Å². The SMILES string of the molecule is CC(C)=CCC[C@]1(C)C=Cc2c(ccc3ccc(OCOCC[Si](C)(C)C)cc23)O1. The normalized spacial score (nSPS) is 18.1. The van der Waals surface area contributed by atoms with Gasteiger partial charge in [0.05, 0.1) is 0 Å². The fraction of sp³-hybridized carbons (Fsp3) is 0.462. The maximum absolute atomic E-state index is 6.42. The van der Waals surface area contributed by atoms with Crippen LogP contribution in [0, 0.1) is 0 Å². The lowest BCUT2D eigenvalue weighted by molar-refractivity contribution is 0.0221. The molecule has 2 aromatic rings. The molecule has 0 unspecified atom stereocenters. The van der Waals surface area contributed by atoms with Gasteiger partial charge in [-0.3, -0.25) is 0 Å². The van der Waals surface area contributed by atoms with Crippen LogP contribution in [0.3, 0.4) is 0 Å². The van der Waals surface area contributed by atoms with Crippen molar-refractivity contribution in [2.75, 3.05) is 13.4 Å². The highest BCUT2D eigenvalue weighted by Crippen LogP contribution is 2.38. The zero-order chi connectivity index (χ0) is 21.8. The quantitative estimate of drug-likeness (QED) is 0.181. The maximum atomic E-state index is 6.42. The smallest absolute Gasteiger partial charge is 0.189 e. The Kier molecular flexibility index (Phi) is 7.09. The van der Waals surface area contributed by atoms with E-state index in [1.807, 2.05) is 6.07 Å². The van der Waals surface area contributed by atoms with Crippen LogP contribution in [0.15, 0.2) is 48.1 Å². The summed E-state index contributed by atoms with van der Waals surface area (Å²) in [5.74, 6) is 1.77. The van der Waals surface area contributed by atoms with E-state index in [0.717, 1.165) is 47.9 Å². The Balaban J connectivity index is 1.70. The molecule has 0 spiro atoms. The van der Waals surface area contributed by atoms with Gasteiger partial charge in [-0.1, -0.05) is 49.5 Å². The largest absolute Gasteiger partial charge is 0.483 e. The minimum absolute atomic E-state index is 0.273. The molecular formula is C26H36O3Si. The average molecular weight is 425 g/mol. The van der Waals surface area contributed by atoms with Crippen LogP contribution in [-0.4, -0.2) is 27.1 Å². The molecule has 0 fully saturated rings. The molecule has 0 N–H and O–H groups in total. The highest BCUT2D eigenvalue weighted by molar-refractivity contribution is 6.76.